The van der Waals surface area contributed by atoms with Crippen LogP contribution in [-0.2, 0) is 4.79 Å². The summed E-state index contributed by atoms with van der Waals surface area (Å²) in [6.07, 6.45) is 0.310. The maximum atomic E-state index is 11.5. The molecule has 4 nitrogen and oxygen atoms in total. The normalized spacial score (nSPS) is 10.3. The molecule has 2 aromatic rings. The van der Waals surface area contributed by atoms with Crippen molar-refractivity contribution < 1.29 is 14.7 Å². The van der Waals surface area contributed by atoms with Crippen molar-refractivity contribution in [2.24, 2.45) is 0 Å². The molecule has 0 unspecified atom stereocenters. The lowest BCUT2D eigenvalue weighted by atomic mass is 10.0. The van der Waals surface area contributed by atoms with E-state index in [1.165, 1.54) is 11.3 Å². The number of benzene rings is 1. The largest absolute Gasteiger partial charge is 0.478 e. The van der Waals surface area contributed by atoms with Crippen LogP contribution >= 0.6 is 27.3 Å². The molecular formula is C14H12BrNO3S. The molecule has 0 fully saturated rings. The van der Waals surface area contributed by atoms with E-state index in [1.807, 2.05) is 24.3 Å². The summed E-state index contributed by atoms with van der Waals surface area (Å²) in [7, 11) is 0. The van der Waals surface area contributed by atoms with E-state index in [1.54, 1.807) is 12.3 Å². The van der Waals surface area contributed by atoms with Crippen molar-refractivity contribution in [1.82, 2.24) is 0 Å². The van der Waals surface area contributed by atoms with Gasteiger partial charge in [-0.15, -0.1) is 11.3 Å². The monoisotopic (exact) mass is 353 g/mol. The zero-order chi connectivity index (χ0) is 14.7. The van der Waals surface area contributed by atoms with E-state index < -0.39 is 5.97 Å². The number of carbonyl (C=O) groups excluding carboxylic acids is 1. The number of carbonyl (C=O) groups is 2. The summed E-state index contributed by atoms with van der Waals surface area (Å²) in [6.45, 7) is 1.72. The Labute approximate surface area is 128 Å². The fourth-order valence-corrected chi connectivity index (χ4v) is 2.96. The quantitative estimate of drug-likeness (QED) is 0.864. The zero-order valence-electron chi connectivity index (χ0n) is 10.6. The van der Waals surface area contributed by atoms with Crippen molar-refractivity contribution in [1.29, 1.82) is 0 Å². The van der Waals surface area contributed by atoms with Crippen LogP contribution in [0.25, 0.3) is 11.1 Å². The van der Waals surface area contributed by atoms with Crippen LogP contribution in [0.4, 0.5) is 5.00 Å². The molecule has 1 heterocycles. The lowest BCUT2D eigenvalue weighted by Gasteiger charge is -2.05. The number of thiophene rings is 1. The average Bonchev–Trinajstić information content (AvgIpc) is 2.83. The number of aromatic carboxylic acids is 1. The molecule has 1 amide bonds. The molecule has 1 aromatic heterocycles. The van der Waals surface area contributed by atoms with E-state index in [4.69, 9.17) is 0 Å². The smallest absolute Gasteiger partial charge is 0.339 e. The number of carboxylic acid groups (broad SMARTS) is 1. The van der Waals surface area contributed by atoms with Gasteiger partial charge in [-0.05, 0) is 17.7 Å². The van der Waals surface area contributed by atoms with Crippen LogP contribution in [0.15, 0.2) is 34.1 Å². The Balaban J connectivity index is 2.46. The van der Waals surface area contributed by atoms with Crippen LogP contribution < -0.4 is 5.32 Å². The molecule has 6 heteroatoms. The van der Waals surface area contributed by atoms with Crippen molar-refractivity contribution in [3.8, 4) is 11.1 Å². The maximum absolute atomic E-state index is 11.5. The first-order valence-electron chi connectivity index (χ1n) is 5.93. The average molecular weight is 354 g/mol. The van der Waals surface area contributed by atoms with E-state index >= 15 is 0 Å². The number of hydrogen-bond acceptors (Lipinski definition) is 3. The Morgan fingerprint density at radius 2 is 1.95 bits per heavy atom. The van der Waals surface area contributed by atoms with Crippen LogP contribution in [0.1, 0.15) is 23.7 Å². The number of anilines is 1. The summed E-state index contributed by atoms with van der Waals surface area (Å²) in [5.74, 6) is -1.24. The van der Waals surface area contributed by atoms with Crippen molar-refractivity contribution in [3.63, 3.8) is 0 Å². The highest BCUT2D eigenvalue weighted by Crippen LogP contribution is 2.36. The minimum absolute atomic E-state index is 0.138. The minimum Gasteiger partial charge on any atom is -0.478 e. The van der Waals surface area contributed by atoms with E-state index in [2.05, 4.69) is 21.2 Å². The van der Waals surface area contributed by atoms with Gasteiger partial charge in [0.15, 0.2) is 0 Å². The molecule has 0 aliphatic heterocycles. The predicted octanol–water partition coefficient (Wildman–Crippen LogP) is 4.22. The van der Waals surface area contributed by atoms with Crippen LogP contribution in [-0.4, -0.2) is 17.0 Å². The maximum Gasteiger partial charge on any atom is 0.339 e. The summed E-state index contributed by atoms with van der Waals surface area (Å²) in [6, 6.07) is 7.37. The number of carboxylic acids is 1. The van der Waals surface area contributed by atoms with Crippen LogP contribution in [0.3, 0.4) is 0 Å². The van der Waals surface area contributed by atoms with Gasteiger partial charge < -0.3 is 10.4 Å². The Hall–Kier alpha value is -1.66. The first-order chi connectivity index (χ1) is 9.52. The van der Waals surface area contributed by atoms with Crippen molar-refractivity contribution in [3.05, 3.63) is 39.7 Å². The first-order valence-corrected chi connectivity index (χ1v) is 7.60. The second-order valence-electron chi connectivity index (χ2n) is 4.07. The first kappa shape index (κ1) is 14.7. The molecule has 2 rings (SSSR count). The fourth-order valence-electron chi connectivity index (χ4n) is 1.72. The third kappa shape index (κ3) is 3.08. The number of nitrogens with one attached hydrogen (secondary N) is 1. The van der Waals surface area contributed by atoms with Crippen molar-refractivity contribution >= 4 is 44.1 Å². The lowest BCUT2D eigenvalue weighted by Crippen LogP contribution is -2.11. The molecule has 104 valence electrons. The fraction of sp³-hybridized carbons (Fsp3) is 0.143. The Bertz CT molecular complexity index is 649. The summed E-state index contributed by atoms with van der Waals surface area (Å²) in [4.78, 5) is 22.9. The van der Waals surface area contributed by atoms with Gasteiger partial charge in [0.2, 0.25) is 5.91 Å². The zero-order valence-corrected chi connectivity index (χ0v) is 13.0. The lowest BCUT2D eigenvalue weighted by molar-refractivity contribution is -0.115. The summed E-state index contributed by atoms with van der Waals surface area (Å²) in [5, 5.41) is 14.1. The molecule has 0 saturated heterocycles. The predicted molar refractivity (Wildman–Crippen MR) is 83.3 cm³/mol. The molecule has 0 aliphatic rings. The molecule has 20 heavy (non-hydrogen) atoms. The van der Waals surface area contributed by atoms with E-state index in [0.717, 1.165) is 10.0 Å². The van der Waals surface area contributed by atoms with Gasteiger partial charge in [-0.3, -0.25) is 4.79 Å². The number of rotatable bonds is 4. The third-order valence-corrected chi connectivity index (χ3v) is 4.16. The molecular weight excluding hydrogens is 342 g/mol. The Kier molecular flexibility index (Phi) is 4.57. The summed E-state index contributed by atoms with van der Waals surface area (Å²) in [5.41, 5.74) is 1.55. The molecule has 2 N–H and O–H groups in total. The highest BCUT2D eigenvalue weighted by atomic mass is 79.9. The van der Waals surface area contributed by atoms with Gasteiger partial charge in [0.05, 0.1) is 0 Å². The molecule has 0 atom stereocenters. The van der Waals surface area contributed by atoms with Crippen LogP contribution in [0.2, 0.25) is 0 Å². The van der Waals surface area contributed by atoms with Crippen LogP contribution in [0.5, 0.6) is 0 Å². The summed E-state index contributed by atoms with van der Waals surface area (Å²) >= 11 is 4.56. The van der Waals surface area contributed by atoms with Crippen LogP contribution in [0, 0.1) is 0 Å². The van der Waals surface area contributed by atoms with Gasteiger partial charge in [-0.2, -0.15) is 0 Å². The molecule has 0 spiro atoms. The standard InChI is InChI=1S/C14H12BrNO3S/c1-2-11(17)16-13-12(14(18)19)10(7-20-13)8-3-5-9(15)6-4-8/h3-7H,2H2,1H3,(H,16,17)(H,18,19). The van der Waals surface area contributed by atoms with Gasteiger partial charge in [0.1, 0.15) is 10.6 Å². The molecule has 0 saturated carbocycles. The molecule has 1 aromatic carbocycles. The number of amides is 1. The van der Waals surface area contributed by atoms with Gasteiger partial charge >= 0.3 is 5.97 Å². The summed E-state index contributed by atoms with van der Waals surface area (Å²) < 4.78 is 0.924. The van der Waals surface area contributed by atoms with E-state index in [-0.39, 0.29) is 11.5 Å². The SMILES string of the molecule is CCC(=O)Nc1scc(-c2ccc(Br)cc2)c1C(=O)O. The van der Waals surface area contributed by atoms with Gasteiger partial charge in [0, 0.05) is 21.8 Å². The van der Waals surface area contributed by atoms with Crippen molar-refractivity contribution in [2.45, 2.75) is 13.3 Å². The second-order valence-corrected chi connectivity index (χ2v) is 5.86. The molecule has 0 radical (unpaired) electrons. The highest BCUT2D eigenvalue weighted by Gasteiger charge is 2.20. The topological polar surface area (TPSA) is 66.4 Å². The van der Waals surface area contributed by atoms with Gasteiger partial charge in [-0.1, -0.05) is 35.0 Å². The van der Waals surface area contributed by atoms with E-state index in [0.29, 0.717) is 17.0 Å². The Morgan fingerprint density at radius 3 is 2.50 bits per heavy atom. The Morgan fingerprint density at radius 1 is 1.30 bits per heavy atom. The second kappa shape index (κ2) is 6.19. The number of hydrogen-bond donors (Lipinski definition) is 2. The molecule has 0 aliphatic carbocycles. The number of halogens is 1. The minimum atomic E-state index is -1.05. The van der Waals surface area contributed by atoms with E-state index in [9.17, 15) is 14.7 Å². The van der Waals surface area contributed by atoms with Crippen molar-refractivity contribution in [2.75, 3.05) is 5.32 Å². The highest BCUT2D eigenvalue weighted by molar-refractivity contribution is 9.10. The van der Waals surface area contributed by atoms with Gasteiger partial charge in [0.25, 0.3) is 0 Å². The molecule has 0 bridgehead atoms. The third-order valence-electron chi connectivity index (χ3n) is 2.73. The van der Waals surface area contributed by atoms with Gasteiger partial charge in [-0.25, -0.2) is 4.79 Å².